The summed E-state index contributed by atoms with van der Waals surface area (Å²) in [6, 6.07) is 0.226. The van der Waals surface area contributed by atoms with Gasteiger partial charge in [0.05, 0.1) is 4.92 Å². The van der Waals surface area contributed by atoms with E-state index in [0.29, 0.717) is 17.9 Å². The van der Waals surface area contributed by atoms with Gasteiger partial charge in [-0.1, -0.05) is 78.0 Å². The van der Waals surface area contributed by atoms with Crippen molar-refractivity contribution in [2.24, 2.45) is 59.0 Å². The van der Waals surface area contributed by atoms with Crippen LogP contribution in [-0.4, -0.2) is 21.9 Å². The van der Waals surface area contributed by atoms with Gasteiger partial charge in [0.15, 0.2) is 0 Å². The third-order valence-electron chi connectivity index (χ3n) is 8.56. The normalized spacial score (nSPS) is 33.1. The lowest BCUT2D eigenvalue weighted by molar-refractivity contribution is -0.537. The molecule has 0 spiro atoms. The fourth-order valence-electron chi connectivity index (χ4n) is 7.02. The van der Waals surface area contributed by atoms with Crippen LogP contribution in [0, 0.1) is 73.5 Å². The maximum Gasteiger partial charge on any atom is 0.230 e. The Morgan fingerprint density at radius 3 is 1.71 bits per heavy atom. The first-order chi connectivity index (χ1) is 17.4. The first-order valence-corrected chi connectivity index (χ1v) is 14.1. The van der Waals surface area contributed by atoms with Crippen molar-refractivity contribution in [1.82, 2.24) is 0 Å². The average Bonchev–Trinajstić information content (AvgIpc) is 3.64. The zero-order chi connectivity index (χ0) is 27.7. The Hall–Kier alpha value is -1.99. The largest absolute Gasteiger partial charge is 0.327 e. The second-order valence-electron chi connectivity index (χ2n) is 12.2. The van der Waals surface area contributed by atoms with Gasteiger partial charge in [-0.05, 0) is 79.6 Å². The molecule has 216 valence electrons. The highest BCUT2D eigenvalue weighted by molar-refractivity contribution is 5.85. The van der Waals surface area contributed by atoms with Crippen LogP contribution in [0.4, 0.5) is 0 Å². The van der Waals surface area contributed by atoms with Crippen molar-refractivity contribution >= 4 is 12.4 Å². The van der Waals surface area contributed by atoms with Gasteiger partial charge >= 0.3 is 0 Å². The number of nitrogens with zero attached hydrogens (tertiary/aromatic N) is 2. The molecular formula is C30H50ClN3O4. The van der Waals surface area contributed by atoms with Crippen LogP contribution in [0.15, 0.2) is 48.7 Å². The summed E-state index contributed by atoms with van der Waals surface area (Å²) in [4.78, 5) is 20.0. The van der Waals surface area contributed by atoms with Crippen molar-refractivity contribution in [3.05, 3.63) is 69.0 Å². The van der Waals surface area contributed by atoms with Gasteiger partial charge in [-0.2, -0.15) is 0 Å². The molecule has 0 unspecified atom stereocenters. The van der Waals surface area contributed by atoms with E-state index in [9.17, 15) is 20.2 Å². The Labute approximate surface area is 235 Å². The Morgan fingerprint density at radius 2 is 1.39 bits per heavy atom. The lowest BCUT2D eigenvalue weighted by Gasteiger charge is -2.31. The van der Waals surface area contributed by atoms with E-state index in [1.165, 1.54) is 19.3 Å². The lowest BCUT2D eigenvalue weighted by Crippen LogP contribution is -2.38. The Bertz CT molecular complexity index is 856. The zero-order valence-corrected chi connectivity index (χ0v) is 24.8. The highest BCUT2D eigenvalue weighted by atomic mass is 35.5. The summed E-state index contributed by atoms with van der Waals surface area (Å²) in [5, 5.41) is 20.5. The van der Waals surface area contributed by atoms with Crippen molar-refractivity contribution in [2.75, 3.05) is 0 Å². The second kappa shape index (κ2) is 16.2. The fraction of sp³-hybridized carbons (Fsp3) is 0.733. The summed E-state index contributed by atoms with van der Waals surface area (Å²) in [7, 11) is 0. The summed E-state index contributed by atoms with van der Waals surface area (Å²) in [5.41, 5.74) is 6.17. The van der Waals surface area contributed by atoms with Crippen molar-refractivity contribution in [1.29, 1.82) is 0 Å². The number of fused-ring (bicyclic) bond motifs is 4. The van der Waals surface area contributed by atoms with Gasteiger partial charge in [0, 0.05) is 22.8 Å². The van der Waals surface area contributed by atoms with Crippen molar-refractivity contribution in [3.8, 4) is 0 Å². The number of allylic oxidation sites excluding steroid dienone is 6. The van der Waals surface area contributed by atoms with E-state index < -0.39 is 4.92 Å². The zero-order valence-electron chi connectivity index (χ0n) is 24.0. The van der Waals surface area contributed by atoms with E-state index in [1.807, 2.05) is 19.9 Å². The van der Waals surface area contributed by atoms with E-state index in [-0.39, 0.29) is 41.1 Å². The lowest BCUT2D eigenvalue weighted by atomic mass is 9.78. The molecule has 3 fully saturated rings. The van der Waals surface area contributed by atoms with Crippen LogP contribution in [-0.2, 0) is 0 Å². The minimum absolute atomic E-state index is 0. The number of hydrogen-bond acceptors (Lipinski definition) is 5. The molecular weight excluding hydrogens is 502 g/mol. The molecule has 8 heteroatoms. The molecule has 0 heterocycles. The SMILES string of the molecule is C1=CCC=C1.CC(C)/C=C/[N+](=O)[O-].CC(C)[C@@H]1[C@H]2CC[C@H](C2)[C@H]1N.CC(C)[C@H]1[C@H]([N+](=O)[O-])[C@@H]2C=C[C@H]1C2.Cl. The molecule has 38 heavy (non-hydrogen) atoms. The van der Waals surface area contributed by atoms with Crippen molar-refractivity contribution in [2.45, 2.75) is 85.7 Å². The molecule has 5 aliphatic rings. The maximum absolute atomic E-state index is 10.9. The van der Waals surface area contributed by atoms with E-state index in [1.54, 1.807) is 6.08 Å². The number of rotatable bonds is 5. The molecule has 0 radical (unpaired) electrons. The van der Waals surface area contributed by atoms with Gasteiger partial charge in [-0.3, -0.25) is 20.2 Å². The average molecular weight is 552 g/mol. The molecule has 0 aromatic carbocycles. The van der Waals surface area contributed by atoms with Crippen LogP contribution in [0.2, 0.25) is 0 Å². The fourth-order valence-corrected chi connectivity index (χ4v) is 7.02. The van der Waals surface area contributed by atoms with Gasteiger partial charge in [0.2, 0.25) is 12.2 Å². The van der Waals surface area contributed by atoms with Crippen molar-refractivity contribution < 1.29 is 9.85 Å². The highest BCUT2D eigenvalue weighted by Crippen LogP contribution is 2.50. The third-order valence-corrected chi connectivity index (χ3v) is 8.56. The monoisotopic (exact) mass is 551 g/mol. The van der Waals surface area contributed by atoms with E-state index in [4.69, 9.17) is 5.73 Å². The predicted octanol–water partition coefficient (Wildman–Crippen LogP) is 7.48. The van der Waals surface area contributed by atoms with Gasteiger partial charge in [0.25, 0.3) is 0 Å². The number of hydrogen-bond donors (Lipinski definition) is 1. The summed E-state index contributed by atoms with van der Waals surface area (Å²) in [5.74, 6) is 5.16. The molecule has 0 aromatic rings. The molecule has 0 saturated heterocycles. The molecule has 3 saturated carbocycles. The standard InChI is InChI=1S/C10H15NO2.C10H19N.C5H9NO2.C5H6.ClH/c1-6(2)9-7-3-4-8(5-7)10(9)11(12)13;1-6(2)9-7-3-4-8(5-7)10(9)11;1-5(2)3-4-6(7)8;1-2-4-5-3-1;/h3-4,6-10H,5H2,1-2H3;6-10H,3-5,11H2,1-2H3;3-5H,1-2H3;1-4H,5H2;1H/b;;4-3+;;/t2*7-,8+,9+,10+;;;/m00.../s1. The molecule has 5 aliphatic carbocycles. The molecule has 2 N–H and O–H groups in total. The first kappa shape index (κ1) is 34.0. The second-order valence-corrected chi connectivity index (χ2v) is 12.2. The van der Waals surface area contributed by atoms with Crippen LogP contribution >= 0.6 is 12.4 Å². The van der Waals surface area contributed by atoms with Crippen LogP contribution in [0.3, 0.4) is 0 Å². The Balaban J connectivity index is 0.000000264. The minimum Gasteiger partial charge on any atom is -0.327 e. The topological polar surface area (TPSA) is 112 Å². The van der Waals surface area contributed by atoms with Crippen LogP contribution in [0.25, 0.3) is 0 Å². The maximum atomic E-state index is 10.9. The highest BCUT2D eigenvalue weighted by Gasteiger charge is 2.52. The van der Waals surface area contributed by atoms with Gasteiger partial charge in [-0.25, -0.2) is 0 Å². The van der Waals surface area contributed by atoms with Gasteiger partial charge < -0.3 is 5.73 Å². The van der Waals surface area contributed by atoms with Crippen molar-refractivity contribution in [3.63, 3.8) is 0 Å². The van der Waals surface area contributed by atoms with Gasteiger partial charge in [0.1, 0.15) is 0 Å². The molecule has 7 nitrogen and oxygen atoms in total. The summed E-state index contributed by atoms with van der Waals surface area (Å²) in [6.07, 6.45) is 21.5. The van der Waals surface area contributed by atoms with E-state index in [2.05, 4.69) is 58.1 Å². The van der Waals surface area contributed by atoms with Crippen LogP contribution < -0.4 is 5.73 Å². The van der Waals surface area contributed by atoms with Crippen LogP contribution in [0.5, 0.6) is 0 Å². The third kappa shape index (κ3) is 9.64. The predicted molar refractivity (Wildman–Crippen MR) is 158 cm³/mol. The minimum atomic E-state index is -0.458. The molecule has 5 rings (SSSR count). The molecule has 0 amide bonds. The molecule has 8 atom stereocenters. The number of nitrogens with two attached hydrogens (primary N) is 1. The summed E-state index contributed by atoms with van der Waals surface area (Å²) >= 11 is 0. The molecule has 4 bridgehead atoms. The quantitative estimate of drug-likeness (QED) is 0.216. The van der Waals surface area contributed by atoms with E-state index >= 15 is 0 Å². The smallest absolute Gasteiger partial charge is 0.230 e. The first-order valence-electron chi connectivity index (χ1n) is 14.1. The van der Waals surface area contributed by atoms with Gasteiger partial charge in [-0.15, -0.1) is 12.4 Å². The number of halogens is 1. The van der Waals surface area contributed by atoms with E-state index in [0.717, 1.165) is 42.7 Å². The summed E-state index contributed by atoms with van der Waals surface area (Å²) < 4.78 is 0. The number of nitro groups is 2. The van der Waals surface area contributed by atoms with Crippen LogP contribution in [0.1, 0.15) is 73.6 Å². The Morgan fingerprint density at radius 1 is 0.842 bits per heavy atom. The summed E-state index contributed by atoms with van der Waals surface area (Å²) in [6.45, 7) is 12.6. The molecule has 0 aromatic heterocycles. The Kier molecular flexibility index (Phi) is 14.5. The molecule has 0 aliphatic heterocycles.